The maximum Gasteiger partial charge on any atom is 0.257 e. The molecule has 6 heteroatoms. The molecule has 0 spiro atoms. The fourth-order valence-corrected chi connectivity index (χ4v) is 2.71. The molecule has 2 unspecified atom stereocenters. The number of thiocarbonyl (C=S) groups is 1. The molecule has 0 saturated heterocycles. The third-order valence-corrected chi connectivity index (χ3v) is 3.69. The van der Waals surface area contributed by atoms with Crippen molar-refractivity contribution in [2.75, 3.05) is 0 Å². The third kappa shape index (κ3) is 2.89. The largest absolute Gasteiger partial charge is 0.393 e. The Morgan fingerprint density at radius 2 is 1.95 bits per heavy atom. The van der Waals surface area contributed by atoms with E-state index in [-0.39, 0.29) is 12.0 Å². The van der Waals surface area contributed by atoms with Gasteiger partial charge in [0.15, 0.2) is 0 Å². The molecule has 0 heterocycles. The Bertz CT molecular complexity index is 501. The van der Waals surface area contributed by atoms with Gasteiger partial charge in [-0.3, -0.25) is 4.79 Å². The highest BCUT2D eigenvalue weighted by Gasteiger charge is 2.31. The second kappa shape index (κ2) is 5.61. The predicted molar refractivity (Wildman–Crippen MR) is 71.7 cm³/mol. The second-order valence-electron chi connectivity index (χ2n) is 4.62. The number of benzene rings is 1. The topological polar surface area (TPSA) is 55.1 Å². The molecule has 1 aliphatic rings. The van der Waals surface area contributed by atoms with Crippen molar-refractivity contribution in [3.05, 3.63) is 35.4 Å². The third-order valence-electron chi connectivity index (χ3n) is 3.39. The van der Waals surface area contributed by atoms with Crippen molar-refractivity contribution in [3.8, 4) is 0 Å². The van der Waals surface area contributed by atoms with Gasteiger partial charge in [0.05, 0.1) is 4.99 Å². The zero-order chi connectivity index (χ0) is 14.0. The molecule has 0 aliphatic heterocycles. The van der Waals surface area contributed by atoms with E-state index < -0.39 is 23.1 Å². The number of hydrogen-bond donors (Lipinski definition) is 2. The van der Waals surface area contributed by atoms with Crippen molar-refractivity contribution in [2.24, 2.45) is 11.7 Å². The molecule has 2 atom stereocenters. The Hall–Kier alpha value is -1.56. The maximum atomic E-state index is 13.5. The van der Waals surface area contributed by atoms with Crippen LogP contribution >= 0.6 is 12.2 Å². The smallest absolute Gasteiger partial charge is 0.257 e. The standard InChI is InChI=1S/C13H14F2N2OS/c14-8-4-2-5-9(15)11(8)13(18)17-10-6-1-3-7(10)12(16)19/h2,4-5,7,10H,1,3,6H2,(H2,16,19)(H,17,18). The Morgan fingerprint density at radius 3 is 2.53 bits per heavy atom. The fourth-order valence-electron chi connectivity index (χ4n) is 2.43. The van der Waals surface area contributed by atoms with Crippen LogP contribution in [0.25, 0.3) is 0 Å². The number of nitrogens with one attached hydrogen (secondary N) is 1. The molecule has 1 amide bonds. The van der Waals surface area contributed by atoms with E-state index in [0.29, 0.717) is 11.4 Å². The maximum absolute atomic E-state index is 13.5. The van der Waals surface area contributed by atoms with Crippen LogP contribution in [0.4, 0.5) is 8.78 Å². The second-order valence-corrected chi connectivity index (χ2v) is 5.09. The molecule has 1 aromatic carbocycles. The molecule has 1 aromatic rings. The van der Waals surface area contributed by atoms with Crippen molar-refractivity contribution >= 4 is 23.1 Å². The van der Waals surface area contributed by atoms with Crippen LogP contribution in [0.3, 0.4) is 0 Å². The van der Waals surface area contributed by atoms with Gasteiger partial charge in [0.1, 0.15) is 17.2 Å². The minimum absolute atomic E-state index is 0.103. The summed E-state index contributed by atoms with van der Waals surface area (Å²) in [6.45, 7) is 0. The molecule has 0 bridgehead atoms. The van der Waals surface area contributed by atoms with Crippen LogP contribution in [-0.4, -0.2) is 16.9 Å². The first-order valence-electron chi connectivity index (χ1n) is 6.05. The van der Waals surface area contributed by atoms with Crippen molar-refractivity contribution in [3.63, 3.8) is 0 Å². The highest BCUT2D eigenvalue weighted by atomic mass is 32.1. The molecule has 0 aromatic heterocycles. The van der Waals surface area contributed by atoms with Gasteiger partial charge in [-0.15, -0.1) is 0 Å². The van der Waals surface area contributed by atoms with Crippen molar-refractivity contribution in [1.29, 1.82) is 0 Å². The van der Waals surface area contributed by atoms with Crippen molar-refractivity contribution < 1.29 is 13.6 Å². The summed E-state index contributed by atoms with van der Waals surface area (Å²) in [5.41, 5.74) is 5.04. The van der Waals surface area contributed by atoms with Crippen LogP contribution in [0.1, 0.15) is 29.6 Å². The average Bonchev–Trinajstić information content (AvgIpc) is 2.76. The normalized spacial score (nSPS) is 22.2. The summed E-state index contributed by atoms with van der Waals surface area (Å²) in [4.78, 5) is 12.3. The Balaban J connectivity index is 2.15. The monoisotopic (exact) mass is 284 g/mol. The van der Waals surface area contributed by atoms with Crippen molar-refractivity contribution in [2.45, 2.75) is 25.3 Å². The molecule has 3 nitrogen and oxygen atoms in total. The molecule has 0 radical (unpaired) electrons. The number of carbonyl (C=O) groups excluding carboxylic acids is 1. The highest BCUT2D eigenvalue weighted by Crippen LogP contribution is 2.26. The average molecular weight is 284 g/mol. The molecule has 102 valence electrons. The number of hydrogen-bond acceptors (Lipinski definition) is 2. The Kier molecular flexibility index (Phi) is 4.09. The minimum atomic E-state index is -0.873. The van der Waals surface area contributed by atoms with Gasteiger partial charge in [0.25, 0.3) is 5.91 Å². The molecule has 3 N–H and O–H groups in total. The molecule has 1 aliphatic carbocycles. The zero-order valence-electron chi connectivity index (χ0n) is 10.2. The summed E-state index contributed by atoms with van der Waals surface area (Å²) < 4.78 is 27.0. The summed E-state index contributed by atoms with van der Waals surface area (Å²) >= 11 is 4.93. The summed E-state index contributed by atoms with van der Waals surface area (Å²) in [7, 11) is 0. The molecule has 2 rings (SSSR count). The van der Waals surface area contributed by atoms with Gasteiger partial charge in [-0.2, -0.15) is 0 Å². The summed E-state index contributed by atoms with van der Waals surface area (Å²) in [5, 5.41) is 2.62. The molecule has 19 heavy (non-hydrogen) atoms. The lowest BCUT2D eigenvalue weighted by Crippen LogP contribution is -2.42. The van der Waals surface area contributed by atoms with Crippen LogP contribution in [0.5, 0.6) is 0 Å². The van der Waals surface area contributed by atoms with E-state index in [1.165, 1.54) is 6.07 Å². The zero-order valence-corrected chi connectivity index (χ0v) is 11.0. The van der Waals surface area contributed by atoms with Crippen LogP contribution in [-0.2, 0) is 0 Å². The van der Waals surface area contributed by atoms with Gasteiger partial charge < -0.3 is 11.1 Å². The molecule has 1 fully saturated rings. The first kappa shape index (κ1) is 13.9. The van der Waals surface area contributed by atoms with E-state index in [9.17, 15) is 13.6 Å². The number of rotatable bonds is 3. The number of nitrogens with two attached hydrogens (primary N) is 1. The lowest BCUT2D eigenvalue weighted by atomic mass is 10.0. The van der Waals surface area contributed by atoms with E-state index in [1.54, 1.807) is 0 Å². The summed E-state index contributed by atoms with van der Waals surface area (Å²) in [6.07, 6.45) is 2.39. The number of amides is 1. The van der Waals surface area contributed by atoms with E-state index in [4.69, 9.17) is 18.0 Å². The van der Waals surface area contributed by atoms with E-state index in [1.807, 2.05) is 0 Å². The van der Waals surface area contributed by atoms with E-state index >= 15 is 0 Å². The number of carbonyl (C=O) groups is 1. The first-order valence-corrected chi connectivity index (χ1v) is 6.45. The quantitative estimate of drug-likeness (QED) is 0.836. The fraction of sp³-hybridized carbons (Fsp3) is 0.385. The Labute approximate surface area is 115 Å². The van der Waals surface area contributed by atoms with Gasteiger partial charge in [0.2, 0.25) is 0 Å². The van der Waals surface area contributed by atoms with E-state index in [2.05, 4.69) is 5.32 Å². The summed E-state index contributed by atoms with van der Waals surface area (Å²) in [5.74, 6) is -2.61. The van der Waals surface area contributed by atoms with Crippen LogP contribution in [0, 0.1) is 17.6 Å². The van der Waals surface area contributed by atoms with Gasteiger partial charge in [0, 0.05) is 12.0 Å². The SMILES string of the molecule is NC(=S)C1CCCC1NC(=O)c1c(F)cccc1F. The van der Waals surface area contributed by atoms with Gasteiger partial charge in [-0.05, 0) is 25.0 Å². The van der Waals surface area contributed by atoms with E-state index in [0.717, 1.165) is 25.0 Å². The van der Waals surface area contributed by atoms with Crippen molar-refractivity contribution in [1.82, 2.24) is 5.32 Å². The highest BCUT2D eigenvalue weighted by molar-refractivity contribution is 7.80. The number of halogens is 2. The molecule has 1 saturated carbocycles. The van der Waals surface area contributed by atoms with Crippen LogP contribution in [0.2, 0.25) is 0 Å². The summed E-state index contributed by atoms with van der Waals surface area (Å²) in [6, 6.07) is 3.08. The van der Waals surface area contributed by atoms with Crippen LogP contribution in [0.15, 0.2) is 18.2 Å². The Morgan fingerprint density at radius 1 is 1.32 bits per heavy atom. The molecular weight excluding hydrogens is 270 g/mol. The van der Waals surface area contributed by atoms with Gasteiger partial charge in [-0.1, -0.05) is 24.7 Å². The van der Waals surface area contributed by atoms with Gasteiger partial charge in [-0.25, -0.2) is 8.78 Å². The lowest BCUT2D eigenvalue weighted by molar-refractivity contribution is 0.0925. The minimum Gasteiger partial charge on any atom is -0.393 e. The first-order chi connectivity index (χ1) is 9.00. The lowest BCUT2D eigenvalue weighted by Gasteiger charge is -2.20. The molecular formula is C13H14F2N2OS. The predicted octanol–water partition coefficient (Wildman–Crippen LogP) is 2.15. The van der Waals surface area contributed by atoms with Crippen LogP contribution < -0.4 is 11.1 Å². The van der Waals surface area contributed by atoms with Gasteiger partial charge >= 0.3 is 0 Å².